The Labute approximate surface area is 86.6 Å². The first-order valence-electron chi connectivity index (χ1n) is 5.81. The molecule has 2 heterocycles. The first kappa shape index (κ1) is 10.4. The van der Waals surface area contributed by atoms with Crippen molar-refractivity contribution < 1.29 is 4.74 Å². The molecule has 0 saturated carbocycles. The average Bonchev–Trinajstić information content (AvgIpc) is 2.12. The monoisotopic (exact) mass is 198 g/mol. The van der Waals surface area contributed by atoms with E-state index in [1.807, 2.05) is 0 Å². The van der Waals surface area contributed by atoms with Gasteiger partial charge in [0.2, 0.25) is 0 Å². The SMILES string of the molecule is CC(C)CCC1NCCOC12CNC2. The van der Waals surface area contributed by atoms with Crippen LogP contribution >= 0.6 is 0 Å². The fourth-order valence-corrected chi connectivity index (χ4v) is 2.36. The van der Waals surface area contributed by atoms with Crippen molar-refractivity contribution in [3.63, 3.8) is 0 Å². The number of morpholine rings is 1. The van der Waals surface area contributed by atoms with Crippen LogP contribution in [0.3, 0.4) is 0 Å². The van der Waals surface area contributed by atoms with Gasteiger partial charge >= 0.3 is 0 Å². The Morgan fingerprint density at radius 1 is 1.43 bits per heavy atom. The van der Waals surface area contributed by atoms with Crippen molar-refractivity contribution in [2.75, 3.05) is 26.2 Å². The Kier molecular flexibility index (Phi) is 3.10. The van der Waals surface area contributed by atoms with Crippen molar-refractivity contribution in [1.29, 1.82) is 0 Å². The van der Waals surface area contributed by atoms with Gasteiger partial charge in [0.05, 0.1) is 6.61 Å². The van der Waals surface area contributed by atoms with E-state index in [0.29, 0.717) is 6.04 Å². The fourth-order valence-electron chi connectivity index (χ4n) is 2.36. The predicted molar refractivity (Wildman–Crippen MR) is 57.4 cm³/mol. The lowest BCUT2D eigenvalue weighted by Crippen LogP contribution is -2.73. The van der Waals surface area contributed by atoms with Gasteiger partial charge in [-0.1, -0.05) is 13.8 Å². The highest BCUT2D eigenvalue weighted by molar-refractivity contribution is 5.05. The minimum Gasteiger partial charge on any atom is -0.369 e. The lowest BCUT2D eigenvalue weighted by Gasteiger charge is -2.51. The fraction of sp³-hybridized carbons (Fsp3) is 1.00. The molecule has 2 rings (SSSR count). The highest BCUT2D eigenvalue weighted by Crippen LogP contribution is 2.27. The number of hydrogen-bond donors (Lipinski definition) is 2. The number of nitrogens with one attached hydrogen (secondary N) is 2. The van der Waals surface area contributed by atoms with Gasteiger partial charge in [-0.2, -0.15) is 0 Å². The van der Waals surface area contributed by atoms with E-state index in [-0.39, 0.29) is 5.60 Å². The molecule has 1 unspecified atom stereocenters. The maximum absolute atomic E-state index is 5.92. The van der Waals surface area contributed by atoms with E-state index in [0.717, 1.165) is 32.2 Å². The molecule has 0 aromatic rings. The van der Waals surface area contributed by atoms with Crippen molar-refractivity contribution in [3.05, 3.63) is 0 Å². The second-order valence-corrected chi connectivity index (χ2v) is 4.99. The minimum absolute atomic E-state index is 0.132. The van der Waals surface area contributed by atoms with Gasteiger partial charge < -0.3 is 15.4 Å². The standard InChI is InChI=1S/C11H22N2O/c1-9(2)3-4-10-11(7-12-8-11)14-6-5-13-10/h9-10,12-13H,3-8H2,1-2H3. The molecule has 3 heteroatoms. The molecular formula is C11H22N2O. The molecule has 0 radical (unpaired) electrons. The molecule has 0 aliphatic carbocycles. The smallest absolute Gasteiger partial charge is 0.108 e. The lowest BCUT2D eigenvalue weighted by atomic mass is 9.83. The summed E-state index contributed by atoms with van der Waals surface area (Å²) < 4.78 is 5.92. The van der Waals surface area contributed by atoms with Crippen LogP contribution in [-0.2, 0) is 4.74 Å². The van der Waals surface area contributed by atoms with E-state index in [2.05, 4.69) is 24.5 Å². The molecule has 2 fully saturated rings. The van der Waals surface area contributed by atoms with Crippen LogP contribution in [0.2, 0.25) is 0 Å². The molecule has 3 nitrogen and oxygen atoms in total. The van der Waals surface area contributed by atoms with Gasteiger partial charge in [-0.25, -0.2) is 0 Å². The van der Waals surface area contributed by atoms with Crippen molar-refractivity contribution in [1.82, 2.24) is 10.6 Å². The van der Waals surface area contributed by atoms with E-state index in [1.54, 1.807) is 0 Å². The maximum Gasteiger partial charge on any atom is 0.108 e. The first-order chi connectivity index (χ1) is 6.73. The molecule has 1 spiro atoms. The molecular weight excluding hydrogens is 176 g/mol. The quantitative estimate of drug-likeness (QED) is 0.702. The van der Waals surface area contributed by atoms with Crippen LogP contribution in [0.25, 0.3) is 0 Å². The van der Waals surface area contributed by atoms with Crippen LogP contribution in [0, 0.1) is 5.92 Å². The summed E-state index contributed by atoms with van der Waals surface area (Å²) in [5.74, 6) is 0.795. The van der Waals surface area contributed by atoms with Gasteiger partial charge in [-0.05, 0) is 18.8 Å². The van der Waals surface area contributed by atoms with Crippen molar-refractivity contribution in [3.8, 4) is 0 Å². The summed E-state index contributed by atoms with van der Waals surface area (Å²) in [6, 6.07) is 0.569. The van der Waals surface area contributed by atoms with Crippen LogP contribution in [0.15, 0.2) is 0 Å². The number of rotatable bonds is 3. The summed E-state index contributed by atoms with van der Waals surface area (Å²) >= 11 is 0. The Hall–Kier alpha value is -0.120. The summed E-state index contributed by atoms with van der Waals surface area (Å²) in [7, 11) is 0. The average molecular weight is 198 g/mol. The molecule has 0 bridgehead atoms. The largest absolute Gasteiger partial charge is 0.369 e. The first-order valence-corrected chi connectivity index (χ1v) is 5.81. The van der Waals surface area contributed by atoms with Crippen LogP contribution in [-0.4, -0.2) is 37.9 Å². The zero-order valence-corrected chi connectivity index (χ0v) is 9.31. The van der Waals surface area contributed by atoms with E-state index in [9.17, 15) is 0 Å². The zero-order valence-electron chi connectivity index (χ0n) is 9.31. The topological polar surface area (TPSA) is 33.3 Å². The van der Waals surface area contributed by atoms with Crippen LogP contribution in [0.1, 0.15) is 26.7 Å². The summed E-state index contributed by atoms with van der Waals surface area (Å²) in [5.41, 5.74) is 0.132. The number of hydrogen-bond acceptors (Lipinski definition) is 3. The van der Waals surface area contributed by atoms with Crippen molar-refractivity contribution in [2.24, 2.45) is 5.92 Å². The van der Waals surface area contributed by atoms with Gasteiger partial charge in [0.25, 0.3) is 0 Å². The molecule has 82 valence electrons. The molecule has 1 atom stereocenters. The van der Waals surface area contributed by atoms with E-state index in [4.69, 9.17) is 4.74 Å². The van der Waals surface area contributed by atoms with E-state index < -0.39 is 0 Å². The van der Waals surface area contributed by atoms with Gasteiger partial charge in [-0.3, -0.25) is 0 Å². The van der Waals surface area contributed by atoms with E-state index >= 15 is 0 Å². The molecule has 14 heavy (non-hydrogen) atoms. The lowest BCUT2D eigenvalue weighted by molar-refractivity contribution is -0.129. The van der Waals surface area contributed by atoms with Gasteiger partial charge in [0.15, 0.2) is 0 Å². The summed E-state index contributed by atoms with van der Waals surface area (Å²) in [6.45, 7) is 8.53. The third-order valence-corrected chi connectivity index (χ3v) is 3.40. The van der Waals surface area contributed by atoms with Crippen molar-refractivity contribution in [2.45, 2.75) is 38.3 Å². The third kappa shape index (κ3) is 1.95. The molecule has 2 saturated heterocycles. The molecule has 2 aliphatic heterocycles. The van der Waals surface area contributed by atoms with Gasteiger partial charge in [0.1, 0.15) is 5.60 Å². The zero-order chi connectivity index (χ0) is 10.0. The molecule has 0 amide bonds. The minimum atomic E-state index is 0.132. The Balaban J connectivity index is 1.87. The summed E-state index contributed by atoms with van der Waals surface area (Å²) in [6.07, 6.45) is 2.54. The molecule has 0 aromatic heterocycles. The van der Waals surface area contributed by atoms with Crippen LogP contribution in [0.4, 0.5) is 0 Å². The Bertz CT molecular complexity index is 190. The predicted octanol–water partition coefficient (Wildman–Crippen LogP) is 0.753. The Morgan fingerprint density at radius 3 is 2.79 bits per heavy atom. The second-order valence-electron chi connectivity index (χ2n) is 4.99. The summed E-state index contributed by atoms with van der Waals surface area (Å²) in [5, 5.41) is 6.93. The highest BCUT2D eigenvalue weighted by Gasteiger charge is 2.46. The van der Waals surface area contributed by atoms with Gasteiger partial charge in [-0.15, -0.1) is 0 Å². The highest BCUT2D eigenvalue weighted by atomic mass is 16.5. The maximum atomic E-state index is 5.92. The van der Waals surface area contributed by atoms with Crippen LogP contribution in [0.5, 0.6) is 0 Å². The molecule has 0 aromatic carbocycles. The van der Waals surface area contributed by atoms with E-state index in [1.165, 1.54) is 12.8 Å². The Morgan fingerprint density at radius 2 is 2.21 bits per heavy atom. The molecule has 2 aliphatic rings. The summed E-state index contributed by atoms with van der Waals surface area (Å²) in [4.78, 5) is 0. The van der Waals surface area contributed by atoms with Crippen LogP contribution < -0.4 is 10.6 Å². The van der Waals surface area contributed by atoms with Crippen molar-refractivity contribution >= 4 is 0 Å². The second kappa shape index (κ2) is 4.17. The normalized spacial score (nSPS) is 30.6. The van der Waals surface area contributed by atoms with Gasteiger partial charge in [0, 0.05) is 25.7 Å². The molecule has 2 N–H and O–H groups in total. The number of ether oxygens (including phenoxy) is 1. The third-order valence-electron chi connectivity index (χ3n) is 3.40.